The van der Waals surface area contributed by atoms with E-state index in [0.717, 1.165) is 23.5 Å². The third kappa shape index (κ3) is 5.00. The smallest absolute Gasteiger partial charge is 0.122 e. The van der Waals surface area contributed by atoms with Gasteiger partial charge in [-0.25, -0.2) is 0 Å². The fourth-order valence-corrected chi connectivity index (χ4v) is 2.25. The maximum absolute atomic E-state index is 5.73. The summed E-state index contributed by atoms with van der Waals surface area (Å²) in [5.41, 5.74) is 8.21. The number of rotatable bonds is 8. The molecule has 0 aliphatic heterocycles. The maximum Gasteiger partial charge on any atom is 0.122 e. The number of benzene rings is 2. The Morgan fingerprint density at radius 1 is 0.826 bits per heavy atom. The van der Waals surface area contributed by atoms with Crippen LogP contribution in [0.2, 0.25) is 0 Å². The van der Waals surface area contributed by atoms with Crippen LogP contribution in [-0.4, -0.2) is 13.2 Å². The zero-order valence-electron chi connectivity index (χ0n) is 14.3. The molecule has 2 N–H and O–H groups in total. The molecule has 2 aromatic rings. The van der Waals surface area contributed by atoms with Gasteiger partial charge in [-0.05, 0) is 47.2 Å². The first kappa shape index (κ1) is 17.4. The van der Waals surface area contributed by atoms with Crippen LogP contribution in [0.1, 0.15) is 38.3 Å². The Kier molecular flexibility index (Phi) is 6.05. The molecule has 0 atom stereocenters. The molecule has 0 aliphatic rings. The van der Waals surface area contributed by atoms with Gasteiger partial charge < -0.3 is 15.2 Å². The second-order valence-corrected chi connectivity index (χ2v) is 6.31. The molecule has 2 aromatic carbocycles. The van der Waals surface area contributed by atoms with Crippen molar-refractivity contribution in [2.45, 2.75) is 39.2 Å². The van der Waals surface area contributed by atoms with E-state index in [1.54, 1.807) is 0 Å². The Morgan fingerprint density at radius 3 is 1.74 bits per heavy atom. The van der Waals surface area contributed by atoms with E-state index in [0.29, 0.717) is 19.8 Å². The van der Waals surface area contributed by atoms with Crippen LogP contribution >= 0.6 is 0 Å². The summed E-state index contributed by atoms with van der Waals surface area (Å²) in [6.07, 6.45) is 1.12. The summed E-state index contributed by atoms with van der Waals surface area (Å²) in [4.78, 5) is 0. The van der Waals surface area contributed by atoms with Gasteiger partial charge in [0, 0.05) is 6.54 Å². The minimum absolute atomic E-state index is 0.206. The van der Waals surface area contributed by atoms with Gasteiger partial charge in [-0.1, -0.05) is 45.0 Å². The second-order valence-electron chi connectivity index (χ2n) is 6.31. The third-order valence-electron chi connectivity index (χ3n) is 4.30. The monoisotopic (exact) mass is 313 g/mol. The van der Waals surface area contributed by atoms with Gasteiger partial charge in [0.2, 0.25) is 0 Å². The van der Waals surface area contributed by atoms with Crippen molar-refractivity contribution in [3.8, 4) is 11.5 Å². The van der Waals surface area contributed by atoms with Gasteiger partial charge in [0.25, 0.3) is 0 Å². The van der Waals surface area contributed by atoms with Gasteiger partial charge in [0.15, 0.2) is 0 Å². The van der Waals surface area contributed by atoms with E-state index in [-0.39, 0.29) is 5.41 Å². The molecular formula is C20H27NO2. The van der Waals surface area contributed by atoms with Crippen molar-refractivity contribution >= 4 is 0 Å². The molecule has 0 fully saturated rings. The lowest BCUT2D eigenvalue weighted by Crippen LogP contribution is -2.15. The highest BCUT2D eigenvalue weighted by Gasteiger charge is 2.17. The van der Waals surface area contributed by atoms with Crippen LogP contribution in [0.3, 0.4) is 0 Å². The highest BCUT2D eigenvalue weighted by molar-refractivity contribution is 5.31. The molecule has 23 heavy (non-hydrogen) atoms. The van der Waals surface area contributed by atoms with Gasteiger partial charge in [-0.3, -0.25) is 0 Å². The molecule has 0 unspecified atom stereocenters. The van der Waals surface area contributed by atoms with Crippen LogP contribution < -0.4 is 15.2 Å². The Labute approximate surface area is 139 Å². The zero-order valence-corrected chi connectivity index (χ0v) is 14.3. The van der Waals surface area contributed by atoms with Gasteiger partial charge in [0.1, 0.15) is 24.7 Å². The van der Waals surface area contributed by atoms with E-state index in [1.165, 1.54) is 5.56 Å². The highest BCUT2D eigenvalue weighted by atomic mass is 16.5. The van der Waals surface area contributed by atoms with Crippen LogP contribution in [0, 0.1) is 0 Å². The van der Waals surface area contributed by atoms with Crippen LogP contribution in [0.25, 0.3) is 0 Å². The largest absolute Gasteiger partial charge is 0.490 e. The average molecular weight is 313 g/mol. The molecule has 0 aliphatic carbocycles. The van der Waals surface area contributed by atoms with Crippen molar-refractivity contribution in [2.75, 3.05) is 13.2 Å². The SMILES string of the molecule is CCC(C)(C)c1ccc(OCCOc2ccc(CN)cc2)cc1. The Balaban J connectivity index is 1.77. The molecule has 3 heteroatoms. The quantitative estimate of drug-likeness (QED) is 0.739. The summed E-state index contributed by atoms with van der Waals surface area (Å²) >= 11 is 0. The van der Waals surface area contributed by atoms with Crippen molar-refractivity contribution in [1.29, 1.82) is 0 Å². The van der Waals surface area contributed by atoms with Crippen LogP contribution in [-0.2, 0) is 12.0 Å². The molecule has 0 spiro atoms. The number of ether oxygens (including phenoxy) is 2. The summed E-state index contributed by atoms with van der Waals surface area (Å²) in [6, 6.07) is 16.2. The molecule has 124 valence electrons. The molecule has 0 bridgehead atoms. The average Bonchev–Trinajstić information content (AvgIpc) is 2.59. The second kappa shape index (κ2) is 8.02. The fraction of sp³-hybridized carbons (Fsp3) is 0.400. The third-order valence-corrected chi connectivity index (χ3v) is 4.30. The van der Waals surface area contributed by atoms with Crippen molar-refractivity contribution in [3.05, 3.63) is 59.7 Å². The normalized spacial score (nSPS) is 11.3. The first-order chi connectivity index (χ1) is 11.0. The summed E-state index contributed by atoms with van der Waals surface area (Å²) in [6.45, 7) is 8.31. The van der Waals surface area contributed by atoms with Crippen molar-refractivity contribution in [1.82, 2.24) is 0 Å². The Morgan fingerprint density at radius 2 is 1.30 bits per heavy atom. The first-order valence-corrected chi connectivity index (χ1v) is 8.20. The lowest BCUT2D eigenvalue weighted by Gasteiger charge is -2.23. The van der Waals surface area contributed by atoms with Crippen LogP contribution in [0.5, 0.6) is 11.5 Å². The molecule has 0 radical (unpaired) electrons. The van der Waals surface area contributed by atoms with Gasteiger partial charge >= 0.3 is 0 Å². The van der Waals surface area contributed by atoms with E-state index in [2.05, 4.69) is 32.9 Å². The fourth-order valence-electron chi connectivity index (χ4n) is 2.25. The van der Waals surface area contributed by atoms with Gasteiger partial charge in [-0.2, -0.15) is 0 Å². The lowest BCUT2D eigenvalue weighted by molar-refractivity contribution is 0.217. The number of hydrogen-bond donors (Lipinski definition) is 1. The lowest BCUT2D eigenvalue weighted by atomic mass is 9.82. The van der Waals surface area contributed by atoms with Gasteiger partial charge in [-0.15, -0.1) is 0 Å². The van der Waals surface area contributed by atoms with Crippen LogP contribution in [0.15, 0.2) is 48.5 Å². The summed E-state index contributed by atoms with van der Waals surface area (Å²) < 4.78 is 11.4. The molecule has 0 heterocycles. The maximum atomic E-state index is 5.73. The predicted octanol–water partition coefficient (Wildman–Crippen LogP) is 4.29. The number of hydrogen-bond acceptors (Lipinski definition) is 3. The van der Waals surface area contributed by atoms with Crippen molar-refractivity contribution in [3.63, 3.8) is 0 Å². The van der Waals surface area contributed by atoms with Crippen LogP contribution in [0.4, 0.5) is 0 Å². The minimum atomic E-state index is 0.206. The summed E-state index contributed by atoms with van der Waals surface area (Å²) in [5, 5.41) is 0. The highest BCUT2D eigenvalue weighted by Crippen LogP contribution is 2.28. The minimum Gasteiger partial charge on any atom is -0.490 e. The molecule has 0 aromatic heterocycles. The molecule has 0 amide bonds. The number of nitrogens with two attached hydrogens (primary N) is 1. The van der Waals surface area contributed by atoms with E-state index in [9.17, 15) is 0 Å². The predicted molar refractivity (Wildman–Crippen MR) is 95.1 cm³/mol. The Bertz CT molecular complexity index is 588. The molecule has 2 rings (SSSR count). The first-order valence-electron chi connectivity index (χ1n) is 8.20. The molecule has 3 nitrogen and oxygen atoms in total. The summed E-state index contributed by atoms with van der Waals surface area (Å²) in [7, 11) is 0. The van der Waals surface area contributed by atoms with E-state index < -0.39 is 0 Å². The van der Waals surface area contributed by atoms with Crippen molar-refractivity contribution in [2.24, 2.45) is 5.73 Å². The molecule has 0 saturated carbocycles. The van der Waals surface area contributed by atoms with Crippen molar-refractivity contribution < 1.29 is 9.47 Å². The Hall–Kier alpha value is -2.00. The zero-order chi connectivity index (χ0) is 16.7. The van der Waals surface area contributed by atoms with Gasteiger partial charge in [0.05, 0.1) is 0 Å². The van der Waals surface area contributed by atoms with E-state index >= 15 is 0 Å². The molecule has 0 saturated heterocycles. The van der Waals surface area contributed by atoms with E-state index in [4.69, 9.17) is 15.2 Å². The molecular weight excluding hydrogens is 286 g/mol. The topological polar surface area (TPSA) is 44.5 Å². The summed E-state index contributed by atoms with van der Waals surface area (Å²) in [5.74, 6) is 1.72. The standard InChI is InChI=1S/C20H27NO2/c1-4-20(2,3)17-7-11-19(12-8-17)23-14-13-22-18-9-5-16(15-21)6-10-18/h5-12H,4,13-15,21H2,1-3H3. The van der Waals surface area contributed by atoms with E-state index in [1.807, 2.05) is 36.4 Å².